The third-order valence-corrected chi connectivity index (χ3v) is 21.4. The van der Waals surface area contributed by atoms with Crippen LogP contribution in [0.25, 0.3) is 0 Å². The Hall–Kier alpha value is -1.94. The molecule has 3 N–H and O–H groups in total. The molecule has 6 atom stereocenters. The minimum absolute atomic E-state index is 0.107. The van der Waals surface area contributed by atoms with E-state index in [1.54, 1.807) is 0 Å². The summed E-state index contributed by atoms with van der Waals surface area (Å²) in [5.74, 6) is 0.330. The topological polar surface area (TPSA) is 237 Å². The van der Waals surface area contributed by atoms with Crippen LogP contribution >= 0.6 is 15.6 Å². The Labute approximate surface area is 619 Å². The van der Waals surface area contributed by atoms with Crippen molar-refractivity contribution in [1.29, 1.82) is 0 Å². The molecular weight excluding hydrogens is 1320 g/mol. The van der Waals surface area contributed by atoms with Crippen LogP contribution in [-0.4, -0.2) is 96.7 Å². The normalized spacial score (nSPS) is 14.2. The molecule has 0 aromatic heterocycles. The van der Waals surface area contributed by atoms with Gasteiger partial charge in [-0.2, -0.15) is 0 Å². The molecule has 0 aromatic rings. The van der Waals surface area contributed by atoms with E-state index in [4.69, 9.17) is 37.0 Å². The summed E-state index contributed by atoms with van der Waals surface area (Å²) in [6.07, 6.45) is 60.9. The van der Waals surface area contributed by atoms with Crippen LogP contribution < -0.4 is 0 Å². The van der Waals surface area contributed by atoms with Gasteiger partial charge < -0.3 is 33.8 Å². The molecule has 19 heteroatoms. The Morgan fingerprint density at radius 3 is 0.752 bits per heavy atom. The van der Waals surface area contributed by atoms with Crippen LogP contribution in [0.15, 0.2) is 0 Å². The summed E-state index contributed by atoms with van der Waals surface area (Å²) < 4.78 is 68.7. The van der Waals surface area contributed by atoms with E-state index in [9.17, 15) is 43.2 Å². The van der Waals surface area contributed by atoms with Gasteiger partial charge in [-0.3, -0.25) is 37.3 Å². The van der Waals surface area contributed by atoms with Crippen LogP contribution in [0, 0.1) is 17.8 Å². The Morgan fingerprint density at radius 2 is 0.505 bits per heavy atom. The molecule has 0 aliphatic carbocycles. The lowest BCUT2D eigenvalue weighted by atomic mass is 9.99. The van der Waals surface area contributed by atoms with Gasteiger partial charge >= 0.3 is 39.5 Å². The highest BCUT2D eigenvalue weighted by Crippen LogP contribution is 2.45. The van der Waals surface area contributed by atoms with Gasteiger partial charge in [-0.1, -0.05) is 376 Å². The van der Waals surface area contributed by atoms with E-state index in [1.165, 1.54) is 238 Å². The van der Waals surface area contributed by atoms with Crippen molar-refractivity contribution in [2.75, 3.05) is 39.6 Å². The van der Waals surface area contributed by atoms with Crippen molar-refractivity contribution in [2.24, 2.45) is 17.8 Å². The first-order chi connectivity index (χ1) is 48.8. The summed E-state index contributed by atoms with van der Waals surface area (Å²) in [5, 5.41) is 10.6. The minimum Gasteiger partial charge on any atom is -0.462 e. The van der Waals surface area contributed by atoms with Gasteiger partial charge in [0.25, 0.3) is 0 Å². The first kappa shape index (κ1) is 99.1. The molecule has 0 saturated carbocycles. The number of phosphoric acid groups is 2. The molecule has 0 amide bonds. The molecule has 0 aliphatic heterocycles. The van der Waals surface area contributed by atoms with Crippen molar-refractivity contribution in [3.63, 3.8) is 0 Å². The van der Waals surface area contributed by atoms with E-state index < -0.39 is 97.5 Å². The number of esters is 4. The van der Waals surface area contributed by atoms with Gasteiger partial charge in [0.2, 0.25) is 0 Å². The second-order valence-corrected chi connectivity index (χ2v) is 33.6. The van der Waals surface area contributed by atoms with E-state index in [0.717, 1.165) is 108 Å². The number of ether oxygens (including phenoxy) is 4. The lowest BCUT2D eigenvalue weighted by Crippen LogP contribution is -2.30. The SMILES string of the molecule is CCCCCCCCCCCC(=O)OC[C@H](COP(=O)(O)OC[C@H](O)COP(=O)(O)OC[C@@H](COC(=O)CCCCCCCCCCCCCCCCC(C)CC)OC(=O)CCCCCCCCCCCCCCCCCC(C)C)OC(=O)CCCCCCCCCCCCCCCC(C)C. The van der Waals surface area contributed by atoms with Gasteiger partial charge in [0.1, 0.15) is 19.3 Å². The Morgan fingerprint density at radius 1 is 0.287 bits per heavy atom. The number of carbonyl (C=O) groups excluding carboxylic acids is 4. The fourth-order valence-electron chi connectivity index (χ4n) is 12.6. The highest BCUT2D eigenvalue weighted by molar-refractivity contribution is 7.47. The first-order valence-electron chi connectivity index (χ1n) is 42.4. The molecule has 600 valence electrons. The van der Waals surface area contributed by atoms with Crippen LogP contribution in [-0.2, 0) is 65.4 Å². The fourth-order valence-corrected chi connectivity index (χ4v) is 14.2. The molecule has 0 spiro atoms. The average molecular weight is 1480 g/mol. The van der Waals surface area contributed by atoms with Gasteiger partial charge in [-0.15, -0.1) is 0 Å². The van der Waals surface area contributed by atoms with Crippen LogP contribution in [0.2, 0.25) is 0 Å². The Bertz CT molecular complexity index is 1960. The maximum absolute atomic E-state index is 13.1. The first-order valence-corrected chi connectivity index (χ1v) is 45.4. The van der Waals surface area contributed by atoms with Crippen LogP contribution in [0.4, 0.5) is 0 Å². The van der Waals surface area contributed by atoms with Gasteiger partial charge in [0.15, 0.2) is 12.2 Å². The Balaban J connectivity index is 5.23. The third kappa shape index (κ3) is 74.7. The van der Waals surface area contributed by atoms with Crippen molar-refractivity contribution in [3.05, 3.63) is 0 Å². The van der Waals surface area contributed by atoms with Crippen molar-refractivity contribution in [1.82, 2.24) is 0 Å². The zero-order valence-corrected chi connectivity index (χ0v) is 68.2. The van der Waals surface area contributed by atoms with Crippen LogP contribution in [0.1, 0.15) is 427 Å². The van der Waals surface area contributed by atoms with Crippen molar-refractivity contribution in [2.45, 2.75) is 446 Å². The van der Waals surface area contributed by atoms with E-state index in [2.05, 4.69) is 48.5 Å². The van der Waals surface area contributed by atoms with Gasteiger partial charge in [0.05, 0.1) is 26.4 Å². The second kappa shape index (κ2) is 72.3. The Kier molecular flexibility index (Phi) is 70.9. The molecule has 3 unspecified atom stereocenters. The number of aliphatic hydroxyl groups excluding tert-OH is 1. The second-order valence-electron chi connectivity index (χ2n) is 30.7. The van der Waals surface area contributed by atoms with E-state index >= 15 is 0 Å². The number of hydrogen-bond donors (Lipinski definition) is 3. The van der Waals surface area contributed by atoms with Crippen molar-refractivity contribution >= 4 is 39.5 Å². The quantitative estimate of drug-likeness (QED) is 0.0222. The lowest BCUT2D eigenvalue weighted by Gasteiger charge is -2.21. The summed E-state index contributed by atoms with van der Waals surface area (Å²) in [7, 11) is -9.92. The number of carbonyl (C=O) groups is 4. The molecule has 0 radical (unpaired) electrons. The molecule has 0 aromatic carbocycles. The molecule has 101 heavy (non-hydrogen) atoms. The lowest BCUT2D eigenvalue weighted by molar-refractivity contribution is -0.161. The zero-order valence-electron chi connectivity index (χ0n) is 66.4. The summed E-state index contributed by atoms with van der Waals surface area (Å²) in [5.41, 5.74) is 0. The monoisotopic (exact) mass is 1480 g/mol. The molecule has 0 heterocycles. The number of phosphoric ester groups is 2. The van der Waals surface area contributed by atoms with E-state index in [-0.39, 0.29) is 25.7 Å². The summed E-state index contributed by atoms with van der Waals surface area (Å²) >= 11 is 0. The third-order valence-electron chi connectivity index (χ3n) is 19.5. The van der Waals surface area contributed by atoms with Gasteiger partial charge in [0, 0.05) is 25.7 Å². The number of hydrogen-bond acceptors (Lipinski definition) is 15. The number of rotatable bonds is 80. The average Bonchev–Trinajstić information content (AvgIpc) is 1.06. The summed E-state index contributed by atoms with van der Waals surface area (Å²) in [6.45, 7) is 12.0. The van der Waals surface area contributed by atoms with Crippen LogP contribution in [0.3, 0.4) is 0 Å². The molecule has 0 saturated heterocycles. The predicted octanol–water partition coefficient (Wildman–Crippen LogP) is 24.5. The smallest absolute Gasteiger partial charge is 0.462 e. The summed E-state index contributed by atoms with van der Waals surface area (Å²) in [4.78, 5) is 73.0. The maximum Gasteiger partial charge on any atom is 0.472 e. The maximum atomic E-state index is 13.1. The zero-order chi connectivity index (χ0) is 74.4. The molecular formula is C82H160O17P2. The predicted molar refractivity (Wildman–Crippen MR) is 414 cm³/mol. The van der Waals surface area contributed by atoms with Gasteiger partial charge in [-0.05, 0) is 43.4 Å². The molecule has 0 aliphatic rings. The highest BCUT2D eigenvalue weighted by atomic mass is 31.2. The largest absolute Gasteiger partial charge is 0.472 e. The standard InChI is InChI=1S/C82H160O17P2/c1-8-10-11-12-13-32-42-49-56-63-79(84)92-69-77(98-82(87)66-59-52-45-38-31-25-19-21-27-34-40-47-54-61-74(5)6)71-96-100(88,89)94-67-76(83)68-95-101(90,91)97-72-78(99-81(86)65-58-51-44-37-30-24-16-14-15-20-26-33-39-46-53-60-73(3)4)70-93-80(85)64-57-50-43-36-29-23-18-17-22-28-35-41-48-55-62-75(7)9-2/h73-78,83H,8-72H2,1-7H3,(H,88,89)(H,90,91)/t75?,76-,77+,78+/m0/s1. The minimum atomic E-state index is -4.96. The molecule has 0 bridgehead atoms. The molecule has 0 fully saturated rings. The highest BCUT2D eigenvalue weighted by Gasteiger charge is 2.30. The van der Waals surface area contributed by atoms with E-state index in [1.807, 2.05) is 0 Å². The van der Waals surface area contributed by atoms with Crippen molar-refractivity contribution in [3.8, 4) is 0 Å². The summed E-state index contributed by atoms with van der Waals surface area (Å²) in [6, 6.07) is 0. The fraction of sp³-hybridized carbons (Fsp3) is 0.951. The van der Waals surface area contributed by atoms with E-state index in [0.29, 0.717) is 25.7 Å². The molecule has 17 nitrogen and oxygen atoms in total. The molecule has 0 rings (SSSR count). The van der Waals surface area contributed by atoms with Crippen molar-refractivity contribution < 1.29 is 80.2 Å². The number of aliphatic hydroxyl groups is 1. The van der Waals surface area contributed by atoms with Gasteiger partial charge in [-0.25, -0.2) is 9.13 Å². The number of unbranched alkanes of at least 4 members (excludes halogenated alkanes) is 47. The van der Waals surface area contributed by atoms with Crippen LogP contribution in [0.5, 0.6) is 0 Å².